The third-order valence-corrected chi connectivity index (χ3v) is 0.622. The van der Waals surface area contributed by atoms with Crippen LogP contribution in [0.3, 0.4) is 0 Å². The van der Waals surface area contributed by atoms with Crippen molar-refractivity contribution in [2.45, 2.75) is 0 Å². The van der Waals surface area contributed by atoms with E-state index in [9.17, 15) is 4.79 Å². The minimum absolute atomic E-state index is 0.213. The molecule has 0 aromatic carbocycles. The lowest BCUT2D eigenvalue weighted by molar-refractivity contribution is -0.0257. The fourth-order valence-corrected chi connectivity index (χ4v) is 0.336. The van der Waals surface area contributed by atoms with Gasteiger partial charge in [0.1, 0.15) is 0 Å². The summed E-state index contributed by atoms with van der Waals surface area (Å²) in [6.07, 6.45) is 2.28. The van der Waals surface area contributed by atoms with Crippen LogP contribution in [0.5, 0.6) is 0 Å². The van der Waals surface area contributed by atoms with Crippen molar-refractivity contribution in [2.75, 3.05) is 0 Å². The Labute approximate surface area is 46.2 Å². The molecule has 1 aliphatic heterocycles. The van der Waals surface area contributed by atoms with Crippen LogP contribution in [-0.2, 0) is 9.47 Å². The molecule has 1 saturated heterocycles. The van der Waals surface area contributed by atoms with E-state index in [0.29, 0.717) is 0 Å². The molecule has 8 heavy (non-hydrogen) atoms. The molecule has 0 atom stereocenters. The summed E-state index contributed by atoms with van der Waals surface area (Å²) < 4.78 is 8.62. The molecule has 1 heterocycles. The summed E-state index contributed by atoms with van der Waals surface area (Å²) in [5.74, 6) is 0.213. The Bertz CT molecular complexity index is 147. The molecule has 42 valence electrons. The minimum atomic E-state index is -0.655. The Morgan fingerprint density at radius 3 is 2.50 bits per heavy atom. The van der Waals surface area contributed by atoms with Gasteiger partial charge in [-0.25, -0.2) is 4.79 Å². The quantitative estimate of drug-likeness (QED) is 0.478. The third-order valence-electron chi connectivity index (χ3n) is 0.622. The lowest BCUT2D eigenvalue weighted by atomic mass is 10.6. The number of cyclic esters (lactones) is 2. The fourth-order valence-electron chi connectivity index (χ4n) is 0.336. The predicted molar refractivity (Wildman–Crippen MR) is 25.8 cm³/mol. The van der Waals surface area contributed by atoms with Gasteiger partial charge in [0, 0.05) is 6.08 Å². The summed E-state index contributed by atoms with van der Waals surface area (Å²) in [5, 5.41) is 0. The smallest absolute Gasteiger partial charge is 0.360 e. The molecular weight excluding hydrogens is 108 g/mol. The lowest BCUT2D eigenvalue weighted by Crippen LogP contribution is -2.19. The van der Waals surface area contributed by atoms with Gasteiger partial charge in [-0.2, -0.15) is 0 Å². The van der Waals surface area contributed by atoms with Crippen LogP contribution in [0.25, 0.3) is 0 Å². The lowest BCUT2D eigenvalue weighted by Gasteiger charge is -2.13. The van der Waals surface area contributed by atoms with Crippen LogP contribution >= 0.6 is 0 Å². The maximum absolute atomic E-state index is 9.86. The van der Waals surface area contributed by atoms with E-state index in [2.05, 4.69) is 16.1 Å². The molecule has 1 aliphatic rings. The Morgan fingerprint density at radius 1 is 1.50 bits per heavy atom. The van der Waals surface area contributed by atoms with Crippen LogP contribution in [-0.4, -0.2) is 6.16 Å². The highest BCUT2D eigenvalue weighted by atomic mass is 16.9. The second-order valence-electron chi connectivity index (χ2n) is 1.18. The van der Waals surface area contributed by atoms with E-state index in [4.69, 9.17) is 0 Å². The second kappa shape index (κ2) is 1.69. The molecule has 0 radical (unpaired) electrons. The normalized spacial score (nSPS) is 15.5. The zero-order valence-electron chi connectivity index (χ0n) is 4.09. The largest absolute Gasteiger partial charge is 0.524 e. The summed E-state index contributed by atoms with van der Waals surface area (Å²) in [6, 6.07) is 0. The molecule has 0 N–H and O–H groups in total. The first-order valence-corrected chi connectivity index (χ1v) is 2.05. The maximum atomic E-state index is 9.86. The average Bonchev–Trinajstić information content (AvgIpc) is 1.64. The van der Waals surface area contributed by atoms with Gasteiger partial charge < -0.3 is 9.47 Å². The molecule has 0 amide bonds. The van der Waals surface area contributed by atoms with Crippen LogP contribution in [0.4, 0.5) is 4.79 Å². The van der Waals surface area contributed by atoms with E-state index >= 15 is 0 Å². The summed E-state index contributed by atoms with van der Waals surface area (Å²) in [6.45, 7) is 3.36. The first-order valence-electron chi connectivity index (χ1n) is 2.05. The number of rotatable bonds is 1. The summed E-state index contributed by atoms with van der Waals surface area (Å²) in [5.41, 5.74) is 0. The second-order valence-corrected chi connectivity index (χ2v) is 1.18. The highest BCUT2D eigenvalue weighted by Gasteiger charge is 2.22. The fraction of sp³-hybridized carbons (Fsp3) is 0. The third kappa shape index (κ3) is 0.703. The van der Waals surface area contributed by atoms with E-state index in [-0.39, 0.29) is 5.95 Å². The van der Waals surface area contributed by atoms with Crippen LogP contribution in [0.15, 0.2) is 24.7 Å². The topological polar surface area (TPSA) is 35.5 Å². The highest BCUT2D eigenvalue weighted by Crippen LogP contribution is 2.13. The summed E-state index contributed by atoms with van der Waals surface area (Å²) in [4.78, 5) is 9.86. The van der Waals surface area contributed by atoms with Gasteiger partial charge >= 0.3 is 12.1 Å². The van der Waals surface area contributed by atoms with Gasteiger partial charge in [0.25, 0.3) is 0 Å². The predicted octanol–water partition coefficient (Wildman–Crippen LogP) is 1.18. The van der Waals surface area contributed by atoms with Crippen molar-refractivity contribution in [2.24, 2.45) is 0 Å². The zero-order chi connectivity index (χ0) is 5.98. The molecular formula is C5H4O3. The van der Waals surface area contributed by atoms with Crippen LogP contribution in [0.1, 0.15) is 0 Å². The van der Waals surface area contributed by atoms with Gasteiger partial charge in [-0.05, 0) is 0 Å². The van der Waals surface area contributed by atoms with Crippen molar-refractivity contribution in [3.05, 3.63) is 24.7 Å². The van der Waals surface area contributed by atoms with E-state index in [1.54, 1.807) is 0 Å². The number of ether oxygens (including phenoxy) is 2. The Morgan fingerprint density at radius 2 is 2.12 bits per heavy atom. The summed E-state index contributed by atoms with van der Waals surface area (Å²) >= 11 is 0. The molecule has 3 nitrogen and oxygen atoms in total. The van der Waals surface area contributed by atoms with Gasteiger partial charge in [-0.3, -0.25) is 0 Å². The molecule has 0 bridgehead atoms. The molecule has 1 fully saturated rings. The molecule has 1 rings (SSSR count). The Hall–Kier alpha value is -1.25. The number of carbonyl (C=O) groups excluding carboxylic acids is 1. The van der Waals surface area contributed by atoms with Gasteiger partial charge in [0.15, 0.2) is 0 Å². The van der Waals surface area contributed by atoms with Crippen LogP contribution < -0.4 is 0 Å². The molecule has 3 heteroatoms. The molecule has 0 aromatic rings. The van der Waals surface area contributed by atoms with Crippen molar-refractivity contribution < 1.29 is 14.3 Å². The number of carbonyl (C=O) groups is 1. The van der Waals surface area contributed by atoms with Crippen molar-refractivity contribution in [3.63, 3.8) is 0 Å². The van der Waals surface area contributed by atoms with Crippen molar-refractivity contribution >= 4 is 6.16 Å². The van der Waals surface area contributed by atoms with Crippen LogP contribution in [0.2, 0.25) is 0 Å². The first kappa shape index (κ1) is 4.90. The Balaban J connectivity index is 2.44. The number of hydrogen-bond donors (Lipinski definition) is 0. The van der Waals surface area contributed by atoms with Crippen molar-refractivity contribution in [1.82, 2.24) is 0 Å². The molecule has 0 aromatic heterocycles. The zero-order valence-corrected chi connectivity index (χ0v) is 4.09. The number of hydrogen-bond acceptors (Lipinski definition) is 3. The summed E-state index contributed by atoms with van der Waals surface area (Å²) in [7, 11) is 0. The SMILES string of the molecule is C=CC=C1OC(=O)O1. The monoisotopic (exact) mass is 112 g/mol. The van der Waals surface area contributed by atoms with E-state index in [0.717, 1.165) is 0 Å². The molecule has 0 aliphatic carbocycles. The maximum Gasteiger partial charge on any atom is 0.524 e. The van der Waals surface area contributed by atoms with Gasteiger partial charge in [-0.1, -0.05) is 12.7 Å². The average molecular weight is 112 g/mol. The van der Waals surface area contributed by atoms with E-state index in [1.807, 2.05) is 0 Å². The van der Waals surface area contributed by atoms with E-state index in [1.165, 1.54) is 12.2 Å². The van der Waals surface area contributed by atoms with Gasteiger partial charge in [0.2, 0.25) is 0 Å². The molecule has 0 saturated carbocycles. The standard InChI is InChI=1S/C5H4O3/c1-2-3-4-7-5(6)8-4/h2-3H,1H2. The van der Waals surface area contributed by atoms with Crippen molar-refractivity contribution in [1.29, 1.82) is 0 Å². The molecule has 0 unspecified atom stereocenters. The van der Waals surface area contributed by atoms with Crippen molar-refractivity contribution in [3.8, 4) is 0 Å². The highest BCUT2D eigenvalue weighted by molar-refractivity contribution is 5.67. The number of allylic oxidation sites excluding steroid dienone is 2. The molecule has 0 spiro atoms. The van der Waals surface area contributed by atoms with Gasteiger partial charge in [0.05, 0.1) is 0 Å². The van der Waals surface area contributed by atoms with E-state index < -0.39 is 6.16 Å². The minimum Gasteiger partial charge on any atom is -0.360 e. The first-order chi connectivity index (χ1) is 3.83. The van der Waals surface area contributed by atoms with Gasteiger partial charge in [-0.15, -0.1) is 0 Å². The van der Waals surface area contributed by atoms with Crippen LogP contribution in [0, 0.1) is 0 Å². The Kier molecular flexibility index (Phi) is 1.04.